The lowest BCUT2D eigenvalue weighted by atomic mass is 10.2. The lowest BCUT2D eigenvalue weighted by Gasteiger charge is -2.11. The van der Waals surface area contributed by atoms with Crippen LogP contribution in [0.3, 0.4) is 0 Å². The minimum Gasteiger partial charge on any atom is -0.477 e. The number of pyridine rings is 1. The van der Waals surface area contributed by atoms with Gasteiger partial charge in [0.05, 0.1) is 21.2 Å². The number of rotatable bonds is 6. The predicted molar refractivity (Wildman–Crippen MR) is 125 cm³/mol. The van der Waals surface area contributed by atoms with Crippen LogP contribution in [0.2, 0.25) is 15.2 Å². The SMILES string of the molecule is O=C(O)c1cc2c(NS(=O)(=O)c3ccc(Cl)nc3)cccc2n1Cc1ccc(Cl)c(Cl)c1. The second kappa shape index (κ2) is 8.63. The summed E-state index contributed by atoms with van der Waals surface area (Å²) >= 11 is 17.8. The third kappa shape index (κ3) is 4.40. The van der Waals surface area contributed by atoms with Crippen molar-refractivity contribution in [3.63, 3.8) is 0 Å². The van der Waals surface area contributed by atoms with E-state index in [1.807, 2.05) is 0 Å². The summed E-state index contributed by atoms with van der Waals surface area (Å²) in [6, 6.07) is 14.0. The Labute approximate surface area is 198 Å². The average Bonchev–Trinajstić information content (AvgIpc) is 3.11. The second-order valence-corrected chi connectivity index (χ2v) is 9.71. The van der Waals surface area contributed by atoms with Crippen molar-refractivity contribution in [2.75, 3.05) is 4.72 Å². The maximum atomic E-state index is 12.8. The highest BCUT2D eigenvalue weighted by Crippen LogP contribution is 2.31. The Kier molecular flexibility index (Phi) is 6.05. The minimum absolute atomic E-state index is 0.00844. The summed E-state index contributed by atoms with van der Waals surface area (Å²) in [5.41, 5.74) is 1.49. The summed E-state index contributed by atoms with van der Waals surface area (Å²) in [7, 11) is -3.97. The molecule has 4 aromatic rings. The van der Waals surface area contributed by atoms with E-state index in [4.69, 9.17) is 34.8 Å². The van der Waals surface area contributed by atoms with Crippen LogP contribution in [0.4, 0.5) is 5.69 Å². The third-order valence-electron chi connectivity index (χ3n) is 4.74. The first-order valence-electron chi connectivity index (χ1n) is 9.09. The standard InChI is InChI=1S/C21H14Cl3N3O4S/c22-15-6-4-12(8-16(15)23)11-27-18-3-1-2-17(14(18)9-19(27)21(28)29)26-32(30,31)13-5-7-20(24)25-10-13/h1-10,26H,11H2,(H,28,29). The molecule has 0 spiro atoms. The number of sulfonamides is 1. The summed E-state index contributed by atoms with van der Waals surface area (Å²) in [4.78, 5) is 15.6. The first kappa shape index (κ1) is 22.4. The summed E-state index contributed by atoms with van der Waals surface area (Å²) in [6.07, 6.45) is 1.14. The number of anilines is 1. The van der Waals surface area contributed by atoms with Gasteiger partial charge >= 0.3 is 5.97 Å². The number of fused-ring (bicyclic) bond motifs is 1. The molecule has 0 saturated carbocycles. The number of hydrogen-bond donors (Lipinski definition) is 2. The van der Waals surface area contributed by atoms with E-state index in [0.29, 0.717) is 20.9 Å². The Morgan fingerprint density at radius 1 is 1.03 bits per heavy atom. The highest BCUT2D eigenvalue weighted by molar-refractivity contribution is 7.92. The predicted octanol–water partition coefficient (Wildman–Crippen LogP) is 5.54. The molecule has 2 heterocycles. The van der Waals surface area contributed by atoms with Crippen molar-refractivity contribution in [3.05, 3.63) is 87.2 Å². The van der Waals surface area contributed by atoms with Crippen LogP contribution in [0.1, 0.15) is 16.1 Å². The number of nitrogens with one attached hydrogen (secondary N) is 1. The Balaban J connectivity index is 1.79. The van der Waals surface area contributed by atoms with Gasteiger partial charge in [0.1, 0.15) is 15.7 Å². The Morgan fingerprint density at radius 3 is 2.47 bits per heavy atom. The van der Waals surface area contributed by atoms with Crippen LogP contribution >= 0.6 is 34.8 Å². The van der Waals surface area contributed by atoms with Gasteiger partial charge < -0.3 is 9.67 Å². The number of benzene rings is 2. The van der Waals surface area contributed by atoms with Crippen molar-refractivity contribution in [1.29, 1.82) is 0 Å². The third-order valence-corrected chi connectivity index (χ3v) is 7.06. The molecule has 2 N–H and O–H groups in total. The largest absolute Gasteiger partial charge is 0.477 e. The maximum Gasteiger partial charge on any atom is 0.352 e. The summed E-state index contributed by atoms with van der Waals surface area (Å²) in [5.74, 6) is -1.16. The highest BCUT2D eigenvalue weighted by atomic mass is 35.5. The Bertz CT molecular complexity index is 1450. The van der Waals surface area contributed by atoms with E-state index in [-0.39, 0.29) is 28.0 Å². The first-order valence-corrected chi connectivity index (χ1v) is 11.7. The molecule has 0 atom stereocenters. The van der Waals surface area contributed by atoms with Crippen molar-refractivity contribution in [1.82, 2.24) is 9.55 Å². The van der Waals surface area contributed by atoms with Crippen molar-refractivity contribution in [2.45, 2.75) is 11.4 Å². The van der Waals surface area contributed by atoms with E-state index in [1.54, 1.807) is 41.0 Å². The normalized spacial score (nSPS) is 11.6. The molecule has 0 aliphatic heterocycles. The fourth-order valence-electron chi connectivity index (χ4n) is 3.27. The molecule has 7 nitrogen and oxygen atoms in total. The van der Waals surface area contributed by atoms with Gasteiger partial charge in [0.15, 0.2) is 0 Å². The fraction of sp³-hybridized carbons (Fsp3) is 0.0476. The minimum atomic E-state index is -3.97. The molecule has 2 aromatic carbocycles. The molecule has 0 fully saturated rings. The van der Waals surface area contributed by atoms with Crippen molar-refractivity contribution >= 4 is 67.4 Å². The van der Waals surface area contributed by atoms with Crippen molar-refractivity contribution < 1.29 is 18.3 Å². The van der Waals surface area contributed by atoms with Gasteiger partial charge in [0.25, 0.3) is 10.0 Å². The zero-order valence-corrected chi connectivity index (χ0v) is 19.2. The number of nitrogens with zero attached hydrogens (tertiary/aromatic N) is 2. The zero-order chi connectivity index (χ0) is 23.0. The zero-order valence-electron chi connectivity index (χ0n) is 16.1. The summed E-state index contributed by atoms with van der Waals surface area (Å²) in [5, 5.41) is 11.1. The molecule has 0 aliphatic rings. The number of carbonyl (C=O) groups is 1. The van der Waals surface area contributed by atoms with Crippen LogP contribution in [-0.2, 0) is 16.6 Å². The van der Waals surface area contributed by atoms with Gasteiger partial charge in [-0.1, -0.05) is 46.9 Å². The Hall–Kier alpha value is -2.78. The lowest BCUT2D eigenvalue weighted by molar-refractivity contribution is 0.0686. The topological polar surface area (TPSA) is 101 Å². The molecule has 0 bridgehead atoms. The molecule has 0 saturated heterocycles. The van der Waals surface area contributed by atoms with Crippen LogP contribution in [0.5, 0.6) is 0 Å². The molecule has 0 amide bonds. The summed E-state index contributed by atoms with van der Waals surface area (Å²) < 4.78 is 29.7. The van der Waals surface area contributed by atoms with Crippen LogP contribution < -0.4 is 4.72 Å². The molecular weight excluding hydrogens is 497 g/mol. The molecular formula is C21H14Cl3N3O4S. The van der Waals surface area contributed by atoms with Gasteiger partial charge in [-0.05, 0) is 48.0 Å². The van der Waals surface area contributed by atoms with E-state index in [0.717, 1.165) is 11.8 Å². The molecule has 164 valence electrons. The van der Waals surface area contributed by atoms with E-state index in [2.05, 4.69) is 9.71 Å². The molecule has 0 radical (unpaired) electrons. The smallest absolute Gasteiger partial charge is 0.352 e. The van der Waals surface area contributed by atoms with Gasteiger partial charge in [-0.3, -0.25) is 4.72 Å². The monoisotopic (exact) mass is 509 g/mol. The van der Waals surface area contributed by atoms with Gasteiger partial charge in [0.2, 0.25) is 0 Å². The van der Waals surface area contributed by atoms with E-state index in [1.165, 1.54) is 18.2 Å². The first-order chi connectivity index (χ1) is 15.2. The number of halogens is 3. The number of aromatic carboxylic acids is 1. The number of aromatic nitrogens is 2. The van der Waals surface area contributed by atoms with E-state index in [9.17, 15) is 18.3 Å². The second-order valence-electron chi connectivity index (χ2n) is 6.83. The molecule has 0 unspecified atom stereocenters. The highest BCUT2D eigenvalue weighted by Gasteiger charge is 2.21. The van der Waals surface area contributed by atoms with Gasteiger partial charge in [-0.25, -0.2) is 18.2 Å². The van der Waals surface area contributed by atoms with Crippen LogP contribution in [-0.4, -0.2) is 29.0 Å². The maximum absolute atomic E-state index is 12.8. The fourth-order valence-corrected chi connectivity index (χ4v) is 4.72. The quantitative estimate of drug-likeness (QED) is 0.331. The van der Waals surface area contributed by atoms with Crippen LogP contribution in [0, 0.1) is 0 Å². The lowest BCUT2D eigenvalue weighted by Crippen LogP contribution is -2.13. The van der Waals surface area contributed by atoms with Crippen molar-refractivity contribution in [3.8, 4) is 0 Å². The number of hydrogen-bond acceptors (Lipinski definition) is 4. The van der Waals surface area contributed by atoms with Gasteiger partial charge in [-0.15, -0.1) is 0 Å². The summed E-state index contributed by atoms with van der Waals surface area (Å²) in [6.45, 7) is 0.194. The number of carboxylic acids is 1. The van der Waals surface area contributed by atoms with Crippen LogP contribution in [0.15, 0.2) is 65.7 Å². The van der Waals surface area contributed by atoms with E-state index >= 15 is 0 Å². The van der Waals surface area contributed by atoms with Gasteiger partial charge in [-0.2, -0.15) is 0 Å². The molecule has 0 aliphatic carbocycles. The molecule has 2 aromatic heterocycles. The molecule has 11 heteroatoms. The van der Waals surface area contributed by atoms with Crippen molar-refractivity contribution in [2.24, 2.45) is 0 Å². The van der Waals surface area contributed by atoms with E-state index < -0.39 is 16.0 Å². The molecule has 32 heavy (non-hydrogen) atoms. The number of carboxylic acid groups (broad SMARTS) is 1. The average molecular weight is 511 g/mol. The van der Waals surface area contributed by atoms with Crippen LogP contribution in [0.25, 0.3) is 10.9 Å². The Morgan fingerprint density at radius 2 is 1.81 bits per heavy atom. The molecule has 4 rings (SSSR count). The van der Waals surface area contributed by atoms with Gasteiger partial charge in [0, 0.05) is 18.1 Å².